The molecule has 0 saturated heterocycles. The largest absolute Gasteiger partial charge is 0.311 e. The summed E-state index contributed by atoms with van der Waals surface area (Å²) in [4.78, 5) is 2.44. The summed E-state index contributed by atoms with van der Waals surface area (Å²) in [6, 6.07) is 107. The van der Waals surface area contributed by atoms with Crippen molar-refractivity contribution < 1.29 is 0 Å². The van der Waals surface area contributed by atoms with E-state index in [0.717, 1.165) is 22.7 Å². The zero-order valence-electron chi connectivity index (χ0n) is 39.1. The number of para-hydroxylation sites is 2. The summed E-state index contributed by atoms with van der Waals surface area (Å²) in [5.74, 6) is 0. The van der Waals surface area contributed by atoms with E-state index in [2.05, 4.69) is 301 Å². The highest BCUT2D eigenvalue weighted by Gasteiger charge is 2.41. The van der Waals surface area contributed by atoms with Crippen LogP contribution in [0, 0.1) is 0 Å². The Bertz CT molecular complexity index is 3920. The van der Waals surface area contributed by atoms with Crippen LogP contribution in [-0.4, -0.2) is 12.6 Å². The number of hydrogen-bond acceptors (Lipinski definition) is 1. The molecule has 0 saturated carbocycles. The van der Waals surface area contributed by atoms with E-state index in [1.165, 1.54) is 86.4 Å². The first-order chi connectivity index (χ1) is 35.2. The molecule has 0 fully saturated rings. The second-order valence-electron chi connectivity index (χ2n) is 18.4. The number of fused-ring (bicyclic) bond motifs is 6. The number of benzene rings is 12. The van der Waals surface area contributed by atoms with Gasteiger partial charge >= 0.3 is 0 Å². The van der Waals surface area contributed by atoms with Crippen molar-refractivity contribution in [3.8, 4) is 27.9 Å². The zero-order chi connectivity index (χ0) is 47.1. The van der Waals surface area contributed by atoms with Gasteiger partial charge in [0.05, 0.1) is 11.0 Å². The van der Waals surface area contributed by atoms with Gasteiger partial charge in [0.15, 0.2) is 8.07 Å². The minimum atomic E-state index is -2.83. The van der Waals surface area contributed by atoms with Gasteiger partial charge in [-0.05, 0) is 131 Å². The second kappa shape index (κ2) is 17.8. The number of anilines is 3. The average molecular weight is 921 g/mol. The maximum Gasteiger partial charge on any atom is 0.179 e. The zero-order valence-corrected chi connectivity index (χ0v) is 40.1. The molecule has 0 amide bonds. The van der Waals surface area contributed by atoms with Crippen LogP contribution in [0.3, 0.4) is 0 Å². The Morgan fingerprint density at radius 2 is 0.746 bits per heavy atom. The standard InChI is InChI=1S/C68H48N2Si/c1-5-22-52(23-6-1)70-66-37-18-17-35-64(66)68-61(36-20-38-67(68)70)49-39-43-53(44-40-49)69(54-45-41-50(42-46-54)65-47-51-21-13-14-32-60(51)62-33-15-16-34-63(62)65)55-24-19-31-59(48-55)71(56-25-7-2-8-26-56,57-27-9-3-10-28-57)58-29-11-4-12-30-58/h1-48H. The normalized spacial score (nSPS) is 11.7. The van der Waals surface area contributed by atoms with Gasteiger partial charge in [-0.1, -0.05) is 224 Å². The van der Waals surface area contributed by atoms with Crippen molar-refractivity contribution in [1.29, 1.82) is 0 Å². The molecular formula is C68H48N2Si. The van der Waals surface area contributed by atoms with E-state index in [9.17, 15) is 0 Å². The van der Waals surface area contributed by atoms with Crippen LogP contribution in [0.4, 0.5) is 17.1 Å². The molecule has 0 bridgehead atoms. The number of aromatic nitrogens is 1. The van der Waals surface area contributed by atoms with Gasteiger partial charge in [-0.3, -0.25) is 0 Å². The monoisotopic (exact) mass is 920 g/mol. The molecule has 2 nitrogen and oxygen atoms in total. The van der Waals surface area contributed by atoms with Crippen molar-refractivity contribution in [2.45, 2.75) is 0 Å². The van der Waals surface area contributed by atoms with Crippen molar-refractivity contribution >= 4 is 89.2 Å². The highest BCUT2D eigenvalue weighted by molar-refractivity contribution is 7.19. The van der Waals surface area contributed by atoms with Crippen molar-refractivity contribution in [3.05, 3.63) is 291 Å². The van der Waals surface area contributed by atoms with Crippen LogP contribution < -0.4 is 25.6 Å². The first-order valence-electron chi connectivity index (χ1n) is 24.5. The highest BCUT2D eigenvalue weighted by atomic mass is 28.3. The summed E-state index contributed by atoms with van der Waals surface area (Å²) in [6.45, 7) is 0. The lowest BCUT2D eigenvalue weighted by atomic mass is 9.93. The Morgan fingerprint density at radius 1 is 0.282 bits per heavy atom. The molecule has 0 radical (unpaired) electrons. The molecule has 12 aromatic carbocycles. The summed E-state index contributed by atoms with van der Waals surface area (Å²) in [5.41, 5.74) is 11.6. The lowest BCUT2D eigenvalue weighted by Gasteiger charge is -2.35. The highest BCUT2D eigenvalue weighted by Crippen LogP contribution is 2.42. The molecule has 0 N–H and O–H groups in total. The summed E-state index contributed by atoms with van der Waals surface area (Å²) >= 11 is 0. The molecule has 1 aromatic heterocycles. The number of rotatable bonds is 10. The second-order valence-corrected chi connectivity index (χ2v) is 22.2. The molecule has 334 valence electrons. The van der Waals surface area contributed by atoms with Crippen LogP contribution in [0.5, 0.6) is 0 Å². The molecule has 13 aromatic rings. The molecule has 13 rings (SSSR count). The van der Waals surface area contributed by atoms with Gasteiger partial charge in [0.25, 0.3) is 0 Å². The third-order valence-corrected chi connectivity index (χ3v) is 19.3. The van der Waals surface area contributed by atoms with Gasteiger partial charge in [0, 0.05) is 33.5 Å². The van der Waals surface area contributed by atoms with E-state index in [-0.39, 0.29) is 0 Å². The summed E-state index contributed by atoms with van der Waals surface area (Å²) in [7, 11) is -2.83. The van der Waals surface area contributed by atoms with E-state index in [1.807, 2.05) is 0 Å². The van der Waals surface area contributed by atoms with E-state index in [0.29, 0.717) is 0 Å². The Morgan fingerprint density at radius 3 is 1.37 bits per heavy atom. The van der Waals surface area contributed by atoms with E-state index in [4.69, 9.17) is 0 Å². The first kappa shape index (κ1) is 42.1. The third-order valence-electron chi connectivity index (χ3n) is 14.5. The minimum Gasteiger partial charge on any atom is -0.311 e. The van der Waals surface area contributed by atoms with Gasteiger partial charge in [-0.15, -0.1) is 0 Å². The third kappa shape index (κ3) is 7.17. The Labute approximate surface area is 415 Å². The fourth-order valence-corrected chi connectivity index (χ4v) is 16.2. The van der Waals surface area contributed by atoms with Crippen LogP contribution in [-0.2, 0) is 0 Å². The number of nitrogens with zero attached hydrogens (tertiary/aromatic N) is 2. The minimum absolute atomic E-state index is 1.08. The molecule has 71 heavy (non-hydrogen) atoms. The molecular weight excluding hydrogens is 873 g/mol. The summed E-state index contributed by atoms with van der Waals surface area (Å²) in [5, 5.41) is 12.9. The molecule has 0 atom stereocenters. The van der Waals surface area contributed by atoms with Crippen LogP contribution in [0.25, 0.3) is 71.3 Å². The fraction of sp³-hybridized carbons (Fsp3) is 0. The summed E-state index contributed by atoms with van der Waals surface area (Å²) in [6.07, 6.45) is 0. The quantitative estimate of drug-likeness (QED) is 0.0754. The lowest BCUT2D eigenvalue weighted by Crippen LogP contribution is -2.74. The van der Waals surface area contributed by atoms with E-state index >= 15 is 0 Å². The molecule has 0 spiro atoms. The lowest BCUT2D eigenvalue weighted by molar-refractivity contribution is 1.18. The van der Waals surface area contributed by atoms with E-state index < -0.39 is 8.07 Å². The molecule has 0 aliphatic heterocycles. The van der Waals surface area contributed by atoms with Gasteiger partial charge in [-0.25, -0.2) is 0 Å². The van der Waals surface area contributed by atoms with Crippen LogP contribution >= 0.6 is 0 Å². The van der Waals surface area contributed by atoms with Crippen molar-refractivity contribution in [1.82, 2.24) is 4.57 Å². The fourth-order valence-electron chi connectivity index (χ4n) is 11.4. The first-order valence-corrected chi connectivity index (χ1v) is 26.5. The van der Waals surface area contributed by atoms with Crippen molar-refractivity contribution in [2.24, 2.45) is 0 Å². The smallest absolute Gasteiger partial charge is 0.179 e. The van der Waals surface area contributed by atoms with Gasteiger partial charge < -0.3 is 9.47 Å². The molecule has 3 heteroatoms. The summed E-state index contributed by atoms with van der Waals surface area (Å²) < 4.78 is 2.39. The predicted octanol–water partition coefficient (Wildman–Crippen LogP) is 15.3. The van der Waals surface area contributed by atoms with Gasteiger partial charge in [-0.2, -0.15) is 0 Å². The molecule has 0 unspecified atom stereocenters. The van der Waals surface area contributed by atoms with Crippen LogP contribution in [0.2, 0.25) is 0 Å². The maximum absolute atomic E-state index is 2.83. The SMILES string of the molecule is c1ccc(-n2c3ccccc3c3c(-c4ccc(N(c5ccc(-c6cc7ccccc7c7ccccc67)cc5)c5cccc([Si](c6ccccc6)(c6ccccc6)c6ccccc6)c5)cc4)cccc32)cc1. The number of hydrogen-bond donors (Lipinski definition) is 0. The Kier molecular flexibility index (Phi) is 10.6. The van der Waals surface area contributed by atoms with Gasteiger partial charge in [0.1, 0.15) is 0 Å². The van der Waals surface area contributed by atoms with E-state index in [1.54, 1.807) is 0 Å². The molecule has 1 heterocycles. The Hall–Kier alpha value is -9.02. The van der Waals surface area contributed by atoms with Crippen molar-refractivity contribution in [3.63, 3.8) is 0 Å². The molecule has 0 aliphatic carbocycles. The van der Waals surface area contributed by atoms with Crippen LogP contribution in [0.1, 0.15) is 0 Å². The molecule has 0 aliphatic rings. The maximum atomic E-state index is 2.47. The topological polar surface area (TPSA) is 8.17 Å². The van der Waals surface area contributed by atoms with Gasteiger partial charge in [0.2, 0.25) is 0 Å². The predicted molar refractivity (Wildman–Crippen MR) is 305 cm³/mol. The Balaban J connectivity index is 0.993. The average Bonchev–Trinajstić information content (AvgIpc) is 3.80. The van der Waals surface area contributed by atoms with Crippen molar-refractivity contribution in [2.75, 3.05) is 4.90 Å². The van der Waals surface area contributed by atoms with Crippen LogP contribution in [0.15, 0.2) is 291 Å².